The summed E-state index contributed by atoms with van der Waals surface area (Å²) in [5, 5.41) is 8.73. The Morgan fingerprint density at radius 1 is 1.12 bits per heavy atom. The molecule has 2 nitrogen and oxygen atoms in total. The molecule has 0 aliphatic rings. The van der Waals surface area contributed by atoms with E-state index in [2.05, 4.69) is 50.1 Å². The van der Waals surface area contributed by atoms with Crippen molar-refractivity contribution in [3.63, 3.8) is 0 Å². The quantitative estimate of drug-likeness (QED) is 0.734. The van der Waals surface area contributed by atoms with Crippen molar-refractivity contribution in [2.75, 3.05) is 20.2 Å². The van der Waals surface area contributed by atoms with Crippen LogP contribution >= 0.6 is 0 Å². The third-order valence-corrected chi connectivity index (χ3v) is 3.39. The molecule has 0 aliphatic carbocycles. The molecule has 1 unspecified atom stereocenters. The molecule has 0 amide bonds. The Balaban J connectivity index is 2.40. The number of nitrogens with zero attached hydrogens (tertiary/aromatic N) is 1. The van der Waals surface area contributed by atoms with Gasteiger partial charge in [0.1, 0.15) is 0 Å². The number of hydrogen-bond acceptors (Lipinski definition) is 2. The van der Waals surface area contributed by atoms with Crippen LogP contribution in [0.15, 0.2) is 24.3 Å². The van der Waals surface area contributed by atoms with Gasteiger partial charge in [-0.25, -0.2) is 0 Å². The maximum absolute atomic E-state index is 8.73. The van der Waals surface area contributed by atoms with Crippen LogP contribution in [-0.2, 0) is 0 Å². The van der Waals surface area contributed by atoms with Crippen LogP contribution in [0.3, 0.4) is 0 Å². The lowest BCUT2D eigenvalue weighted by atomic mass is 10.1. The summed E-state index contributed by atoms with van der Waals surface area (Å²) in [6, 6.07) is 9.23. The van der Waals surface area contributed by atoms with Crippen LogP contribution in [0.1, 0.15) is 43.4 Å². The van der Waals surface area contributed by atoms with Crippen molar-refractivity contribution in [1.29, 1.82) is 0 Å². The molecule has 0 heterocycles. The molecule has 1 aromatic rings. The first kappa shape index (κ1) is 14.2. The predicted octanol–water partition coefficient (Wildman–Crippen LogP) is 3.15. The normalized spacial score (nSPS) is 13.0. The van der Waals surface area contributed by atoms with Crippen LogP contribution in [0.25, 0.3) is 0 Å². The van der Waals surface area contributed by atoms with Crippen LogP contribution in [0.5, 0.6) is 0 Å². The number of hydrogen-bond donors (Lipinski definition) is 1. The van der Waals surface area contributed by atoms with Gasteiger partial charge >= 0.3 is 0 Å². The molecule has 17 heavy (non-hydrogen) atoms. The minimum atomic E-state index is 0.317. The van der Waals surface area contributed by atoms with Crippen LogP contribution < -0.4 is 0 Å². The second-order valence-electron chi connectivity index (χ2n) is 4.85. The molecule has 0 spiro atoms. The van der Waals surface area contributed by atoms with E-state index in [1.54, 1.807) is 0 Å². The van der Waals surface area contributed by atoms with Crippen LogP contribution in [0.4, 0.5) is 0 Å². The van der Waals surface area contributed by atoms with Gasteiger partial charge in [-0.05, 0) is 52.3 Å². The zero-order valence-corrected chi connectivity index (χ0v) is 11.3. The molecule has 0 saturated heterocycles. The van der Waals surface area contributed by atoms with E-state index in [0.29, 0.717) is 12.6 Å². The van der Waals surface area contributed by atoms with Crippen LogP contribution in [-0.4, -0.2) is 30.2 Å². The molecular weight excluding hydrogens is 210 g/mol. The molecule has 1 aromatic carbocycles. The van der Waals surface area contributed by atoms with Gasteiger partial charge in [0.25, 0.3) is 0 Å². The highest BCUT2D eigenvalue weighted by Crippen LogP contribution is 2.19. The van der Waals surface area contributed by atoms with Crippen molar-refractivity contribution < 1.29 is 5.11 Å². The highest BCUT2D eigenvalue weighted by molar-refractivity contribution is 5.23. The molecule has 0 bridgehead atoms. The molecule has 1 atom stereocenters. The summed E-state index contributed by atoms with van der Waals surface area (Å²) in [7, 11) is 2.17. The van der Waals surface area contributed by atoms with Gasteiger partial charge in [-0.1, -0.05) is 29.8 Å². The molecule has 1 rings (SSSR count). The first-order chi connectivity index (χ1) is 8.15. The summed E-state index contributed by atoms with van der Waals surface area (Å²) in [6.45, 7) is 5.77. The van der Waals surface area contributed by atoms with Crippen molar-refractivity contribution >= 4 is 0 Å². The molecule has 0 radical (unpaired) electrons. The number of unbranched alkanes of at least 4 members (excludes halogenated alkanes) is 2. The van der Waals surface area contributed by atoms with E-state index in [-0.39, 0.29) is 0 Å². The Labute approximate surface area is 105 Å². The van der Waals surface area contributed by atoms with Crippen molar-refractivity contribution in [3.8, 4) is 0 Å². The third kappa shape index (κ3) is 4.88. The van der Waals surface area contributed by atoms with Crippen molar-refractivity contribution in [2.45, 2.75) is 39.2 Å². The number of aliphatic hydroxyl groups excluding tert-OH is 1. The number of benzene rings is 1. The van der Waals surface area contributed by atoms with Gasteiger partial charge < -0.3 is 5.11 Å². The van der Waals surface area contributed by atoms with E-state index < -0.39 is 0 Å². The van der Waals surface area contributed by atoms with Gasteiger partial charge in [-0.2, -0.15) is 0 Å². The number of aliphatic hydroxyl groups is 1. The largest absolute Gasteiger partial charge is 0.396 e. The SMILES string of the molecule is Cc1ccc(C(C)N(C)CCCCCO)cc1. The van der Waals surface area contributed by atoms with E-state index in [4.69, 9.17) is 5.11 Å². The van der Waals surface area contributed by atoms with E-state index in [0.717, 1.165) is 25.8 Å². The molecule has 96 valence electrons. The second kappa shape index (κ2) is 7.46. The van der Waals surface area contributed by atoms with E-state index >= 15 is 0 Å². The van der Waals surface area contributed by atoms with E-state index in [1.807, 2.05) is 0 Å². The minimum Gasteiger partial charge on any atom is -0.396 e. The molecule has 0 aliphatic heterocycles. The minimum absolute atomic E-state index is 0.317. The first-order valence-electron chi connectivity index (χ1n) is 6.53. The lowest BCUT2D eigenvalue weighted by Crippen LogP contribution is -2.23. The van der Waals surface area contributed by atoms with E-state index in [1.165, 1.54) is 11.1 Å². The topological polar surface area (TPSA) is 23.5 Å². The average molecular weight is 235 g/mol. The van der Waals surface area contributed by atoms with E-state index in [9.17, 15) is 0 Å². The van der Waals surface area contributed by atoms with Gasteiger partial charge in [0.05, 0.1) is 0 Å². The molecule has 2 heteroatoms. The maximum Gasteiger partial charge on any atom is 0.0431 e. The Morgan fingerprint density at radius 3 is 2.35 bits per heavy atom. The summed E-state index contributed by atoms with van der Waals surface area (Å²) in [4.78, 5) is 2.38. The smallest absolute Gasteiger partial charge is 0.0431 e. The molecule has 0 fully saturated rings. The average Bonchev–Trinajstić information content (AvgIpc) is 2.34. The molecule has 0 saturated carbocycles. The zero-order valence-electron chi connectivity index (χ0n) is 11.3. The Morgan fingerprint density at radius 2 is 1.76 bits per heavy atom. The standard InChI is InChI=1S/C15H25NO/c1-13-7-9-15(10-8-13)14(2)16(3)11-5-4-6-12-17/h7-10,14,17H,4-6,11-12H2,1-3H3. The van der Waals surface area contributed by atoms with Gasteiger partial charge in [-0.3, -0.25) is 4.90 Å². The number of aryl methyl sites for hydroxylation is 1. The summed E-state index contributed by atoms with van der Waals surface area (Å²) in [5.41, 5.74) is 2.69. The third-order valence-electron chi connectivity index (χ3n) is 3.39. The second-order valence-corrected chi connectivity index (χ2v) is 4.85. The van der Waals surface area contributed by atoms with Crippen molar-refractivity contribution in [2.24, 2.45) is 0 Å². The summed E-state index contributed by atoms with van der Waals surface area (Å²) < 4.78 is 0. The van der Waals surface area contributed by atoms with Gasteiger partial charge in [0, 0.05) is 12.6 Å². The fourth-order valence-electron chi connectivity index (χ4n) is 1.94. The maximum atomic E-state index is 8.73. The van der Waals surface area contributed by atoms with Crippen molar-refractivity contribution in [3.05, 3.63) is 35.4 Å². The van der Waals surface area contributed by atoms with Crippen LogP contribution in [0, 0.1) is 6.92 Å². The van der Waals surface area contributed by atoms with Crippen LogP contribution in [0.2, 0.25) is 0 Å². The highest BCUT2D eigenvalue weighted by atomic mass is 16.2. The summed E-state index contributed by atoms with van der Waals surface area (Å²) in [6.07, 6.45) is 3.20. The Hall–Kier alpha value is -0.860. The summed E-state index contributed by atoms with van der Waals surface area (Å²) in [5.74, 6) is 0. The fraction of sp³-hybridized carbons (Fsp3) is 0.600. The van der Waals surface area contributed by atoms with Crippen molar-refractivity contribution in [1.82, 2.24) is 4.90 Å². The van der Waals surface area contributed by atoms with Gasteiger partial charge in [0.2, 0.25) is 0 Å². The Kier molecular flexibility index (Phi) is 6.23. The molecule has 0 aromatic heterocycles. The zero-order chi connectivity index (χ0) is 12.7. The summed E-state index contributed by atoms with van der Waals surface area (Å²) >= 11 is 0. The van der Waals surface area contributed by atoms with Gasteiger partial charge in [-0.15, -0.1) is 0 Å². The fourth-order valence-corrected chi connectivity index (χ4v) is 1.94. The Bertz CT molecular complexity index is 307. The van der Waals surface area contributed by atoms with Gasteiger partial charge in [0.15, 0.2) is 0 Å². The first-order valence-corrected chi connectivity index (χ1v) is 6.53. The molecular formula is C15H25NO. The lowest BCUT2D eigenvalue weighted by molar-refractivity contribution is 0.244. The molecule has 1 N–H and O–H groups in total. The highest BCUT2D eigenvalue weighted by Gasteiger charge is 2.10. The number of rotatable bonds is 7. The lowest BCUT2D eigenvalue weighted by Gasteiger charge is -2.25. The monoisotopic (exact) mass is 235 g/mol. The predicted molar refractivity (Wildman–Crippen MR) is 73.2 cm³/mol.